The van der Waals surface area contributed by atoms with Gasteiger partial charge in [-0.2, -0.15) is 0 Å². The van der Waals surface area contributed by atoms with Crippen molar-refractivity contribution in [3.05, 3.63) is 27.8 Å². The Morgan fingerprint density at radius 3 is 2.45 bits per heavy atom. The minimum absolute atomic E-state index is 0.0617. The van der Waals surface area contributed by atoms with Crippen LogP contribution in [0.3, 0.4) is 0 Å². The van der Waals surface area contributed by atoms with Crippen LogP contribution in [0.15, 0.2) is 24.3 Å². The molecule has 0 atom stereocenters. The summed E-state index contributed by atoms with van der Waals surface area (Å²) in [6.07, 6.45) is 0. The van der Waals surface area contributed by atoms with Gasteiger partial charge in [-0.25, -0.2) is 0 Å². The molecule has 0 spiro atoms. The van der Waals surface area contributed by atoms with Gasteiger partial charge in [-0.05, 0) is 60.7 Å². The number of rotatable bonds is 7. The lowest BCUT2D eigenvalue weighted by Crippen LogP contribution is -2.42. The molecule has 0 bridgehead atoms. The Bertz CT molecular complexity index is 448. The lowest BCUT2D eigenvalue weighted by atomic mass is 10.3. The highest BCUT2D eigenvalue weighted by atomic mass is 127. The molecule has 0 unspecified atom stereocenters. The van der Waals surface area contributed by atoms with Crippen LogP contribution in [0.1, 0.15) is 13.8 Å². The van der Waals surface area contributed by atoms with Crippen molar-refractivity contribution in [1.29, 1.82) is 0 Å². The minimum Gasteiger partial charge on any atom is -0.484 e. The van der Waals surface area contributed by atoms with Crippen LogP contribution in [-0.4, -0.2) is 43.0 Å². The minimum atomic E-state index is -0.197. The van der Waals surface area contributed by atoms with Gasteiger partial charge in [0.15, 0.2) is 6.61 Å². The second-order valence-electron chi connectivity index (χ2n) is 4.10. The summed E-state index contributed by atoms with van der Waals surface area (Å²) in [5.74, 6) is 0.294. The highest BCUT2D eigenvalue weighted by Crippen LogP contribution is 2.13. The van der Waals surface area contributed by atoms with Crippen molar-refractivity contribution in [3.63, 3.8) is 0 Å². The number of hydrogen-bond donors (Lipinski definition) is 1. The fourth-order valence-electron chi connectivity index (χ4n) is 1.57. The van der Waals surface area contributed by atoms with Gasteiger partial charge in [-0.3, -0.25) is 9.59 Å². The Kier molecular flexibility index (Phi) is 7.35. The number of halogens is 1. The van der Waals surface area contributed by atoms with Crippen molar-refractivity contribution in [3.8, 4) is 5.75 Å². The van der Waals surface area contributed by atoms with Crippen molar-refractivity contribution < 1.29 is 14.3 Å². The van der Waals surface area contributed by atoms with Gasteiger partial charge in [-0.15, -0.1) is 0 Å². The largest absolute Gasteiger partial charge is 0.484 e. The SMILES string of the molecule is CCNC(=O)CN(CC)C(=O)COc1ccc(I)cc1. The molecule has 110 valence electrons. The van der Waals surface area contributed by atoms with Gasteiger partial charge in [0.2, 0.25) is 5.91 Å². The molecule has 0 fully saturated rings. The lowest BCUT2D eigenvalue weighted by molar-refractivity contribution is -0.137. The van der Waals surface area contributed by atoms with Crippen LogP contribution in [-0.2, 0) is 9.59 Å². The number of carbonyl (C=O) groups is 2. The van der Waals surface area contributed by atoms with E-state index < -0.39 is 0 Å². The normalized spacial score (nSPS) is 9.95. The Morgan fingerprint density at radius 2 is 1.90 bits per heavy atom. The van der Waals surface area contributed by atoms with Crippen LogP contribution >= 0.6 is 22.6 Å². The number of carbonyl (C=O) groups excluding carboxylic acids is 2. The number of hydrogen-bond acceptors (Lipinski definition) is 3. The topological polar surface area (TPSA) is 58.6 Å². The zero-order chi connectivity index (χ0) is 15.0. The molecule has 0 aromatic heterocycles. The van der Waals surface area contributed by atoms with Crippen molar-refractivity contribution in [1.82, 2.24) is 10.2 Å². The summed E-state index contributed by atoms with van der Waals surface area (Å²) in [7, 11) is 0. The number of likely N-dealkylation sites (N-methyl/N-ethyl adjacent to an activating group) is 2. The van der Waals surface area contributed by atoms with E-state index in [-0.39, 0.29) is 25.0 Å². The molecule has 6 heteroatoms. The summed E-state index contributed by atoms with van der Waals surface area (Å²) in [6.45, 7) is 4.72. The van der Waals surface area contributed by atoms with E-state index in [1.165, 1.54) is 4.90 Å². The number of nitrogens with one attached hydrogen (secondary N) is 1. The second kappa shape index (κ2) is 8.78. The summed E-state index contributed by atoms with van der Waals surface area (Å²) >= 11 is 2.20. The molecule has 1 aromatic rings. The van der Waals surface area contributed by atoms with Crippen LogP contribution < -0.4 is 10.1 Å². The molecular weight excluding hydrogens is 371 g/mol. The fraction of sp³-hybridized carbons (Fsp3) is 0.429. The van der Waals surface area contributed by atoms with Gasteiger partial charge in [0.1, 0.15) is 5.75 Å². The summed E-state index contributed by atoms with van der Waals surface area (Å²) in [6, 6.07) is 7.45. The van der Waals surface area contributed by atoms with Gasteiger partial charge in [0, 0.05) is 16.7 Å². The highest BCUT2D eigenvalue weighted by molar-refractivity contribution is 14.1. The molecule has 1 aromatic carbocycles. The first kappa shape index (κ1) is 16.7. The van der Waals surface area contributed by atoms with Crippen LogP contribution in [0.25, 0.3) is 0 Å². The Morgan fingerprint density at radius 1 is 1.25 bits per heavy atom. The third kappa shape index (κ3) is 5.77. The molecule has 2 amide bonds. The Hall–Kier alpha value is -1.31. The van der Waals surface area contributed by atoms with Crippen LogP contribution in [0, 0.1) is 3.57 Å². The molecule has 0 heterocycles. The molecule has 0 aliphatic rings. The van der Waals surface area contributed by atoms with Gasteiger partial charge >= 0.3 is 0 Å². The van der Waals surface area contributed by atoms with Gasteiger partial charge < -0.3 is 15.0 Å². The number of nitrogens with zero attached hydrogens (tertiary/aromatic N) is 1. The monoisotopic (exact) mass is 390 g/mol. The number of amides is 2. The molecule has 0 saturated carbocycles. The van der Waals surface area contributed by atoms with Crippen molar-refractivity contribution in [2.75, 3.05) is 26.2 Å². The van der Waals surface area contributed by atoms with Gasteiger partial charge in [0.05, 0.1) is 6.54 Å². The van der Waals surface area contributed by atoms with E-state index in [9.17, 15) is 9.59 Å². The maximum atomic E-state index is 12.0. The zero-order valence-corrected chi connectivity index (χ0v) is 13.8. The van der Waals surface area contributed by atoms with E-state index in [0.717, 1.165) is 3.57 Å². The maximum absolute atomic E-state index is 12.0. The number of benzene rings is 1. The predicted octanol–water partition coefficient (Wildman–Crippen LogP) is 1.65. The van der Waals surface area contributed by atoms with E-state index in [2.05, 4.69) is 27.9 Å². The smallest absolute Gasteiger partial charge is 0.260 e. The van der Waals surface area contributed by atoms with E-state index in [0.29, 0.717) is 18.8 Å². The van der Waals surface area contributed by atoms with E-state index in [1.54, 1.807) is 0 Å². The summed E-state index contributed by atoms with van der Waals surface area (Å²) in [5.41, 5.74) is 0. The summed E-state index contributed by atoms with van der Waals surface area (Å²) in [4.78, 5) is 24.9. The van der Waals surface area contributed by atoms with Crippen molar-refractivity contribution >= 4 is 34.4 Å². The van der Waals surface area contributed by atoms with E-state index >= 15 is 0 Å². The molecular formula is C14H19IN2O3. The average molecular weight is 390 g/mol. The van der Waals surface area contributed by atoms with Crippen LogP contribution in [0.2, 0.25) is 0 Å². The molecule has 0 radical (unpaired) electrons. The first-order chi connectivity index (χ1) is 9.56. The predicted molar refractivity (Wildman–Crippen MR) is 85.6 cm³/mol. The van der Waals surface area contributed by atoms with Crippen LogP contribution in [0.5, 0.6) is 5.75 Å². The molecule has 0 aliphatic carbocycles. The molecule has 0 saturated heterocycles. The van der Waals surface area contributed by atoms with Gasteiger partial charge in [-0.1, -0.05) is 0 Å². The van der Waals surface area contributed by atoms with Gasteiger partial charge in [0.25, 0.3) is 5.91 Å². The Labute approximate surface area is 132 Å². The fourth-order valence-corrected chi connectivity index (χ4v) is 1.93. The molecule has 20 heavy (non-hydrogen) atoms. The molecule has 1 rings (SSSR count). The molecule has 1 N–H and O–H groups in total. The van der Waals surface area contributed by atoms with Crippen LogP contribution in [0.4, 0.5) is 0 Å². The van der Waals surface area contributed by atoms with Crippen molar-refractivity contribution in [2.24, 2.45) is 0 Å². The quantitative estimate of drug-likeness (QED) is 0.721. The zero-order valence-electron chi connectivity index (χ0n) is 11.7. The van der Waals surface area contributed by atoms with E-state index in [4.69, 9.17) is 4.74 Å². The summed E-state index contributed by atoms with van der Waals surface area (Å²) in [5, 5.41) is 2.67. The number of ether oxygens (including phenoxy) is 1. The standard InChI is InChI=1S/C14H19IN2O3/c1-3-16-13(18)9-17(4-2)14(19)10-20-12-7-5-11(15)6-8-12/h5-8H,3-4,9-10H2,1-2H3,(H,16,18). The lowest BCUT2D eigenvalue weighted by Gasteiger charge is -2.20. The Balaban J connectivity index is 2.46. The molecule has 0 aliphatic heterocycles. The molecule has 5 nitrogen and oxygen atoms in total. The average Bonchev–Trinajstić information content (AvgIpc) is 2.44. The second-order valence-corrected chi connectivity index (χ2v) is 5.35. The summed E-state index contributed by atoms with van der Waals surface area (Å²) < 4.78 is 6.53. The highest BCUT2D eigenvalue weighted by Gasteiger charge is 2.15. The van der Waals surface area contributed by atoms with Crippen molar-refractivity contribution in [2.45, 2.75) is 13.8 Å². The third-order valence-corrected chi connectivity index (χ3v) is 3.34. The first-order valence-electron chi connectivity index (χ1n) is 6.49. The maximum Gasteiger partial charge on any atom is 0.260 e. The van der Waals surface area contributed by atoms with E-state index in [1.807, 2.05) is 38.1 Å². The first-order valence-corrected chi connectivity index (χ1v) is 7.57. The third-order valence-electron chi connectivity index (χ3n) is 2.62.